The van der Waals surface area contributed by atoms with Crippen molar-refractivity contribution < 1.29 is 24.2 Å². The molecule has 146 valence electrons. The van der Waals surface area contributed by atoms with Crippen LogP contribution in [0.5, 0.6) is 5.75 Å². The first kappa shape index (κ1) is 20.5. The number of carbonyl (C=O) groups excluding carboxylic acids is 1. The van der Waals surface area contributed by atoms with Gasteiger partial charge in [0, 0.05) is 22.9 Å². The Labute approximate surface area is 157 Å². The molecule has 2 atom stereocenters. The summed E-state index contributed by atoms with van der Waals surface area (Å²) in [5.74, 6) is -1.66. The average Bonchev–Trinajstić information content (AvgIpc) is 2.62. The summed E-state index contributed by atoms with van der Waals surface area (Å²) in [7, 11) is 0. The van der Waals surface area contributed by atoms with Gasteiger partial charge >= 0.3 is 11.6 Å². The maximum absolute atomic E-state index is 12.3. The molecule has 0 aliphatic heterocycles. The van der Waals surface area contributed by atoms with Crippen molar-refractivity contribution in [2.24, 2.45) is 5.92 Å². The topological polar surface area (TPSA) is 117 Å². The van der Waals surface area contributed by atoms with E-state index in [1.807, 2.05) is 6.92 Å². The van der Waals surface area contributed by atoms with Gasteiger partial charge < -0.3 is 19.9 Å². The molecule has 0 bridgehead atoms. The molecule has 7 nitrogen and oxygen atoms in total. The van der Waals surface area contributed by atoms with Crippen LogP contribution in [0.15, 0.2) is 21.3 Å². The maximum atomic E-state index is 12.3. The minimum atomic E-state index is -1.07. The third-order valence-corrected chi connectivity index (χ3v) is 5.07. The number of rotatable bonds is 7. The molecule has 2 aromatic rings. The van der Waals surface area contributed by atoms with Gasteiger partial charge in [-0.2, -0.15) is 0 Å². The Bertz CT molecular complexity index is 930. The van der Waals surface area contributed by atoms with Crippen molar-refractivity contribution in [1.82, 2.24) is 5.32 Å². The fourth-order valence-corrected chi connectivity index (χ4v) is 3.03. The zero-order chi connectivity index (χ0) is 20.3. The summed E-state index contributed by atoms with van der Waals surface area (Å²) in [6.45, 7) is 7.05. The predicted octanol–water partition coefficient (Wildman–Crippen LogP) is 2.66. The number of carboxylic acids is 1. The Morgan fingerprint density at radius 3 is 2.48 bits per heavy atom. The molecule has 1 amide bonds. The Balaban J connectivity index is 2.22. The molecule has 1 aromatic carbocycles. The van der Waals surface area contributed by atoms with Crippen LogP contribution in [0.25, 0.3) is 11.0 Å². The lowest BCUT2D eigenvalue weighted by Crippen LogP contribution is -2.45. The smallest absolute Gasteiger partial charge is 0.339 e. The lowest BCUT2D eigenvalue weighted by atomic mass is 9.98. The van der Waals surface area contributed by atoms with Gasteiger partial charge in [-0.1, -0.05) is 20.3 Å². The minimum Gasteiger partial charge on any atom is -0.508 e. The van der Waals surface area contributed by atoms with Gasteiger partial charge in [0.05, 0.1) is 0 Å². The van der Waals surface area contributed by atoms with E-state index in [0.717, 1.165) is 0 Å². The summed E-state index contributed by atoms with van der Waals surface area (Å²) >= 11 is 0. The van der Waals surface area contributed by atoms with Crippen molar-refractivity contribution in [2.45, 2.75) is 53.0 Å². The molecule has 0 fully saturated rings. The van der Waals surface area contributed by atoms with Gasteiger partial charge in [0.1, 0.15) is 17.4 Å². The predicted molar refractivity (Wildman–Crippen MR) is 101 cm³/mol. The third kappa shape index (κ3) is 4.30. The number of aryl methyl sites for hydroxylation is 2. The van der Waals surface area contributed by atoms with Crippen molar-refractivity contribution in [3.63, 3.8) is 0 Å². The number of amides is 1. The van der Waals surface area contributed by atoms with E-state index >= 15 is 0 Å². The van der Waals surface area contributed by atoms with Gasteiger partial charge in [-0.3, -0.25) is 4.79 Å². The molecule has 27 heavy (non-hydrogen) atoms. The summed E-state index contributed by atoms with van der Waals surface area (Å²) in [5, 5.41) is 22.3. The lowest BCUT2D eigenvalue weighted by molar-refractivity contribution is -0.143. The monoisotopic (exact) mass is 375 g/mol. The van der Waals surface area contributed by atoms with Crippen molar-refractivity contribution in [2.75, 3.05) is 0 Å². The Morgan fingerprint density at radius 2 is 1.89 bits per heavy atom. The van der Waals surface area contributed by atoms with E-state index in [1.54, 1.807) is 26.8 Å². The number of nitrogens with one attached hydrogen (secondary N) is 1. The third-order valence-electron chi connectivity index (χ3n) is 5.07. The minimum absolute atomic E-state index is 0.0195. The number of hydrogen-bond acceptors (Lipinski definition) is 5. The largest absolute Gasteiger partial charge is 0.508 e. The fourth-order valence-electron chi connectivity index (χ4n) is 3.03. The molecule has 0 aliphatic carbocycles. The van der Waals surface area contributed by atoms with Gasteiger partial charge in [-0.15, -0.1) is 0 Å². The number of phenolic OH excluding ortho intramolecular Hbond substituents is 1. The first-order valence-corrected chi connectivity index (χ1v) is 8.94. The van der Waals surface area contributed by atoms with Gasteiger partial charge in [-0.25, -0.2) is 9.59 Å². The van der Waals surface area contributed by atoms with Crippen molar-refractivity contribution >= 4 is 22.8 Å². The molecule has 2 rings (SSSR count). The molecule has 1 aromatic heterocycles. The van der Waals surface area contributed by atoms with E-state index in [0.29, 0.717) is 34.1 Å². The van der Waals surface area contributed by atoms with Crippen LogP contribution in [0, 0.1) is 19.8 Å². The first-order valence-electron chi connectivity index (χ1n) is 8.94. The number of carboxylic acid groups (broad SMARTS) is 1. The highest BCUT2D eigenvalue weighted by molar-refractivity contribution is 5.86. The van der Waals surface area contributed by atoms with E-state index in [2.05, 4.69) is 5.32 Å². The second-order valence-corrected chi connectivity index (χ2v) is 6.85. The summed E-state index contributed by atoms with van der Waals surface area (Å²) in [5.41, 5.74) is 1.31. The second-order valence-electron chi connectivity index (χ2n) is 6.85. The molecule has 0 radical (unpaired) electrons. The van der Waals surface area contributed by atoms with E-state index < -0.39 is 23.5 Å². The number of carbonyl (C=O) groups is 2. The van der Waals surface area contributed by atoms with Crippen molar-refractivity contribution in [3.05, 3.63) is 39.2 Å². The standard InChI is InChI=1S/C20H25NO6/c1-5-10(2)17(19(24)25)21-16(23)9-7-14-11(3)13-6-8-15(22)12(4)18(13)27-20(14)26/h6,8,10,17,22H,5,7,9H2,1-4H3,(H,21,23)(H,24,25)/t10-,17+/m1/s1. The first-order chi connectivity index (χ1) is 12.7. The molecule has 1 heterocycles. The maximum Gasteiger partial charge on any atom is 0.339 e. The van der Waals surface area contributed by atoms with Crippen LogP contribution in [0.2, 0.25) is 0 Å². The second kappa shape index (κ2) is 8.24. The SMILES string of the molecule is CC[C@@H](C)[C@H](NC(=O)CCc1c(C)c2ccc(O)c(C)c2oc1=O)C(=O)O. The van der Waals surface area contributed by atoms with Gasteiger partial charge in [0.2, 0.25) is 5.91 Å². The molecule has 0 unspecified atom stereocenters. The zero-order valence-corrected chi connectivity index (χ0v) is 16.0. The number of aromatic hydroxyl groups is 1. The fraction of sp³-hybridized carbons (Fsp3) is 0.450. The van der Waals surface area contributed by atoms with Crippen LogP contribution in [0.3, 0.4) is 0 Å². The number of benzene rings is 1. The average molecular weight is 375 g/mol. The van der Waals surface area contributed by atoms with E-state index in [1.165, 1.54) is 6.07 Å². The number of aliphatic carboxylic acids is 1. The number of fused-ring (bicyclic) bond motifs is 1. The molecule has 0 saturated carbocycles. The van der Waals surface area contributed by atoms with Crippen LogP contribution < -0.4 is 10.9 Å². The number of hydrogen-bond donors (Lipinski definition) is 3. The normalized spacial score (nSPS) is 13.3. The Hall–Kier alpha value is -2.83. The van der Waals surface area contributed by atoms with Crippen LogP contribution >= 0.6 is 0 Å². The molecule has 7 heteroatoms. The van der Waals surface area contributed by atoms with Crippen LogP contribution in [0.4, 0.5) is 0 Å². The summed E-state index contributed by atoms with van der Waals surface area (Å²) < 4.78 is 5.35. The Kier molecular flexibility index (Phi) is 6.25. The summed E-state index contributed by atoms with van der Waals surface area (Å²) in [4.78, 5) is 35.9. The highest BCUT2D eigenvalue weighted by atomic mass is 16.4. The summed E-state index contributed by atoms with van der Waals surface area (Å²) in [6, 6.07) is 2.25. The zero-order valence-electron chi connectivity index (χ0n) is 16.0. The quantitative estimate of drug-likeness (QED) is 0.641. The Morgan fingerprint density at radius 1 is 1.22 bits per heavy atom. The van der Waals surface area contributed by atoms with E-state index in [4.69, 9.17) is 4.42 Å². The molecule has 0 spiro atoms. The molecule has 0 aliphatic rings. The molecular weight excluding hydrogens is 350 g/mol. The van der Waals surface area contributed by atoms with Crippen LogP contribution in [-0.4, -0.2) is 28.1 Å². The highest BCUT2D eigenvalue weighted by Gasteiger charge is 2.25. The molecular formula is C20H25NO6. The van der Waals surface area contributed by atoms with Crippen LogP contribution in [0.1, 0.15) is 43.4 Å². The molecule has 0 saturated heterocycles. The van der Waals surface area contributed by atoms with Crippen molar-refractivity contribution in [1.29, 1.82) is 0 Å². The lowest BCUT2D eigenvalue weighted by Gasteiger charge is -2.20. The number of phenols is 1. The van der Waals surface area contributed by atoms with Gasteiger partial charge in [-0.05, 0) is 43.9 Å². The van der Waals surface area contributed by atoms with Gasteiger partial charge in [0.15, 0.2) is 0 Å². The summed E-state index contributed by atoms with van der Waals surface area (Å²) in [6.07, 6.45) is 0.744. The van der Waals surface area contributed by atoms with Gasteiger partial charge in [0.25, 0.3) is 0 Å². The van der Waals surface area contributed by atoms with Crippen molar-refractivity contribution in [3.8, 4) is 5.75 Å². The van der Waals surface area contributed by atoms with E-state index in [9.17, 15) is 24.6 Å². The van der Waals surface area contributed by atoms with Crippen LogP contribution in [-0.2, 0) is 16.0 Å². The van der Waals surface area contributed by atoms with E-state index in [-0.39, 0.29) is 24.5 Å². The highest BCUT2D eigenvalue weighted by Crippen LogP contribution is 2.28. The molecule has 3 N–H and O–H groups in total.